The second kappa shape index (κ2) is 8.04. The number of anilines is 1. The minimum Gasteiger partial charge on any atom is -0.748 e. The first-order valence-corrected chi connectivity index (χ1v) is 10.4. The van der Waals surface area contributed by atoms with Gasteiger partial charge in [-0.1, -0.05) is 48.5 Å². The van der Waals surface area contributed by atoms with E-state index in [-0.39, 0.29) is 0 Å². The van der Waals surface area contributed by atoms with Crippen LogP contribution in [-0.2, 0) is 21.2 Å². The molecule has 1 N–H and O–H groups in total. The smallest absolute Gasteiger partial charge is 0.112 e. The maximum Gasteiger partial charge on any atom is 0.112 e. The highest BCUT2D eigenvalue weighted by Gasteiger charge is 2.25. The normalized spacial score (nSPS) is 14.4. The standard InChI is InChI=1S/C23H22N2O4S/c1-23(26,18-7-4-3-5-8-18)19-9-6-10-21(15-19)25-14-13-17-11-12-20(16-22(17)25)24(2)29-30(27)28/h3-16,26H,1-2H3,(H,27,28)/p-1. The Morgan fingerprint density at radius 1 is 1.00 bits per heavy atom. The van der Waals surface area contributed by atoms with Gasteiger partial charge in [0, 0.05) is 24.3 Å². The molecule has 0 aliphatic carbocycles. The molecule has 0 saturated heterocycles. The van der Waals surface area contributed by atoms with E-state index in [9.17, 15) is 13.9 Å². The molecule has 3 aromatic carbocycles. The maximum atomic E-state index is 11.2. The van der Waals surface area contributed by atoms with Gasteiger partial charge in [-0.3, -0.25) is 0 Å². The molecule has 6 nitrogen and oxygen atoms in total. The zero-order valence-electron chi connectivity index (χ0n) is 16.6. The van der Waals surface area contributed by atoms with Gasteiger partial charge in [-0.05, 0) is 48.4 Å². The molecule has 0 amide bonds. The third-order valence-corrected chi connectivity index (χ3v) is 5.58. The lowest BCUT2D eigenvalue weighted by atomic mass is 9.88. The minimum atomic E-state index is -2.65. The lowest BCUT2D eigenvalue weighted by Gasteiger charge is -2.25. The summed E-state index contributed by atoms with van der Waals surface area (Å²) in [6.45, 7) is 1.78. The SMILES string of the molecule is CN(OS(=O)[O-])c1ccc2ccn(-c3cccc(C(C)(O)c4ccccc4)c3)c2c1. The highest BCUT2D eigenvalue weighted by molar-refractivity contribution is 7.74. The maximum absolute atomic E-state index is 11.2. The average Bonchev–Trinajstić information content (AvgIpc) is 3.17. The fourth-order valence-corrected chi connectivity index (χ4v) is 3.83. The van der Waals surface area contributed by atoms with E-state index in [0.717, 1.165) is 27.7 Å². The third kappa shape index (κ3) is 3.88. The molecule has 0 aliphatic rings. The van der Waals surface area contributed by atoms with Crippen LogP contribution in [-0.4, -0.2) is 25.5 Å². The van der Waals surface area contributed by atoms with E-state index in [1.807, 2.05) is 83.6 Å². The highest BCUT2D eigenvalue weighted by Crippen LogP contribution is 2.31. The van der Waals surface area contributed by atoms with Crippen LogP contribution < -0.4 is 5.06 Å². The van der Waals surface area contributed by atoms with Gasteiger partial charge < -0.3 is 14.2 Å². The summed E-state index contributed by atoms with van der Waals surface area (Å²) in [5.74, 6) is 0. The van der Waals surface area contributed by atoms with Crippen LogP contribution >= 0.6 is 0 Å². The summed E-state index contributed by atoms with van der Waals surface area (Å²) in [6, 6.07) is 24.8. The number of hydrogen-bond donors (Lipinski definition) is 1. The summed E-state index contributed by atoms with van der Waals surface area (Å²) in [6.07, 6.45) is 1.94. The van der Waals surface area contributed by atoms with Gasteiger partial charge in [0.1, 0.15) is 17.0 Å². The van der Waals surface area contributed by atoms with Crippen LogP contribution in [0.3, 0.4) is 0 Å². The van der Waals surface area contributed by atoms with E-state index >= 15 is 0 Å². The Bertz CT molecular complexity index is 1200. The summed E-state index contributed by atoms with van der Waals surface area (Å²) in [4.78, 5) is 0. The third-order valence-electron chi connectivity index (χ3n) is 5.24. The predicted octanol–water partition coefficient (Wildman–Crippen LogP) is 4.05. The number of hydroxylamine groups is 1. The number of hydrogen-bond acceptors (Lipinski definition) is 5. The lowest BCUT2D eigenvalue weighted by molar-refractivity contribution is 0.102. The van der Waals surface area contributed by atoms with E-state index in [1.165, 1.54) is 12.1 Å². The number of benzene rings is 3. The molecule has 1 heterocycles. The highest BCUT2D eigenvalue weighted by atomic mass is 32.2. The fraction of sp³-hybridized carbons (Fsp3) is 0.130. The second-order valence-corrected chi connectivity index (χ2v) is 7.75. The molecule has 0 fully saturated rings. The minimum absolute atomic E-state index is 0.596. The molecule has 0 spiro atoms. The molecular weight excluding hydrogens is 400 g/mol. The van der Waals surface area contributed by atoms with Gasteiger partial charge in [0.2, 0.25) is 0 Å². The van der Waals surface area contributed by atoms with E-state index in [1.54, 1.807) is 13.0 Å². The molecule has 154 valence electrons. The van der Waals surface area contributed by atoms with Crippen LogP contribution in [0.4, 0.5) is 5.69 Å². The van der Waals surface area contributed by atoms with Crippen molar-refractivity contribution in [3.05, 3.63) is 96.2 Å². The molecule has 0 aliphatic heterocycles. The molecule has 0 saturated carbocycles. The van der Waals surface area contributed by atoms with Gasteiger partial charge in [-0.2, -0.15) is 4.28 Å². The Morgan fingerprint density at radius 2 is 1.73 bits per heavy atom. The Labute approximate surface area is 177 Å². The monoisotopic (exact) mass is 421 g/mol. The van der Waals surface area contributed by atoms with Gasteiger partial charge in [-0.15, -0.1) is 0 Å². The average molecular weight is 421 g/mol. The zero-order chi connectivity index (χ0) is 21.3. The van der Waals surface area contributed by atoms with Crippen LogP contribution in [0.25, 0.3) is 16.6 Å². The van der Waals surface area contributed by atoms with Gasteiger partial charge in [0.05, 0.1) is 11.2 Å². The first-order chi connectivity index (χ1) is 14.4. The van der Waals surface area contributed by atoms with Crippen LogP contribution in [0.15, 0.2) is 85.1 Å². The van der Waals surface area contributed by atoms with Crippen LogP contribution in [0.1, 0.15) is 18.1 Å². The van der Waals surface area contributed by atoms with Crippen molar-refractivity contribution in [2.45, 2.75) is 12.5 Å². The molecule has 0 radical (unpaired) electrons. The molecule has 4 rings (SSSR count). The van der Waals surface area contributed by atoms with Crippen molar-refractivity contribution in [2.75, 3.05) is 12.1 Å². The van der Waals surface area contributed by atoms with Crippen molar-refractivity contribution in [3.63, 3.8) is 0 Å². The van der Waals surface area contributed by atoms with E-state index in [2.05, 4.69) is 0 Å². The van der Waals surface area contributed by atoms with E-state index in [4.69, 9.17) is 4.28 Å². The number of nitrogens with zero attached hydrogens (tertiary/aromatic N) is 2. The van der Waals surface area contributed by atoms with Crippen molar-refractivity contribution >= 4 is 28.0 Å². The van der Waals surface area contributed by atoms with Gasteiger partial charge in [0.15, 0.2) is 0 Å². The van der Waals surface area contributed by atoms with E-state index in [0.29, 0.717) is 5.69 Å². The van der Waals surface area contributed by atoms with Crippen molar-refractivity contribution in [2.24, 2.45) is 0 Å². The summed E-state index contributed by atoms with van der Waals surface area (Å²) >= 11 is -2.65. The molecule has 1 aromatic heterocycles. The van der Waals surface area contributed by atoms with Crippen LogP contribution in [0, 0.1) is 0 Å². The first-order valence-electron chi connectivity index (χ1n) is 9.37. The summed E-state index contributed by atoms with van der Waals surface area (Å²) in [7, 11) is 1.53. The molecule has 2 unspecified atom stereocenters. The van der Waals surface area contributed by atoms with Crippen molar-refractivity contribution < 1.29 is 18.2 Å². The van der Waals surface area contributed by atoms with Crippen molar-refractivity contribution in [1.82, 2.24) is 4.57 Å². The number of fused-ring (bicyclic) bond motifs is 1. The largest absolute Gasteiger partial charge is 0.748 e. The van der Waals surface area contributed by atoms with Gasteiger partial charge in [0.25, 0.3) is 0 Å². The first kappa shape index (κ1) is 20.3. The number of rotatable bonds is 6. The number of aliphatic hydroxyl groups is 1. The quantitative estimate of drug-likeness (QED) is 0.375. The Kier molecular flexibility index (Phi) is 5.44. The van der Waals surface area contributed by atoms with Gasteiger partial charge >= 0.3 is 0 Å². The summed E-state index contributed by atoms with van der Waals surface area (Å²) < 4.78 is 28.4. The molecule has 30 heavy (non-hydrogen) atoms. The zero-order valence-corrected chi connectivity index (χ0v) is 17.4. The Hall–Kier alpha value is -2.97. The van der Waals surface area contributed by atoms with Crippen molar-refractivity contribution in [3.8, 4) is 5.69 Å². The molecular formula is C23H21N2O4S-. The Balaban J connectivity index is 1.76. The second-order valence-electron chi connectivity index (χ2n) is 7.19. The molecule has 7 heteroatoms. The van der Waals surface area contributed by atoms with E-state index < -0.39 is 17.0 Å². The van der Waals surface area contributed by atoms with Gasteiger partial charge in [-0.25, -0.2) is 9.27 Å². The van der Waals surface area contributed by atoms with Crippen LogP contribution in [0.5, 0.6) is 0 Å². The molecule has 0 bridgehead atoms. The lowest BCUT2D eigenvalue weighted by Crippen LogP contribution is -2.22. The Morgan fingerprint density at radius 3 is 2.47 bits per heavy atom. The topological polar surface area (TPSA) is 77.8 Å². The predicted molar refractivity (Wildman–Crippen MR) is 117 cm³/mol. The summed E-state index contributed by atoms with van der Waals surface area (Å²) in [5.41, 5.74) is 2.80. The number of aromatic nitrogens is 1. The fourth-order valence-electron chi connectivity index (χ4n) is 3.56. The van der Waals surface area contributed by atoms with Crippen molar-refractivity contribution in [1.29, 1.82) is 0 Å². The van der Waals surface area contributed by atoms with Crippen LogP contribution in [0.2, 0.25) is 0 Å². The molecule has 4 aromatic rings. The molecule has 2 atom stereocenters. The summed E-state index contributed by atoms with van der Waals surface area (Å²) in [5, 5.41) is 13.4.